The summed E-state index contributed by atoms with van der Waals surface area (Å²) < 4.78 is 18.0. The molecule has 0 saturated heterocycles. The minimum atomic E-state index is -0.514. The Bertz CT molecular complexity index is 544. The number of aryl methyl sites for hydroxylation is 1. The van der Waals surface area contributed by atoms with Crippen LogP contribution in [-0.2, 0) is 6.42 Å². The molecule has 0 aliphatic rings. The maximum atomic E-state index is 13.1. The van der Waals surface area contributed by atoms with Crippen molar-refractivity contribution in [2.75, 3.05) is 5.73 Å². The summed E-state index contributed by atoms with van der Waals surface area (Å²) in [7, 11) is 0. The van der Waals surface area contributed by atoms with Crippen molar-refractivity contribution in [1.29, 1.82) is 0 Å². The monoisotopic (exact) mass is 289 g/mol. The van der Waals surface area contributed by atoms with Gasteiger partial charge in [0.1, 0.15) is 11.6 Å². The molecule has 0 saturated carbocycles. The first-order valence-electron chi connectivity index (χ1n) is 4.85. The van der Waals surface area contributed by atoms with Gasteiger partial charge in [0, 0.05) is 17.0 Å². The highest BCUT2D eigenvalue weighted by atomic mass is 35.5. The van der Waals surface area contributed by atoms with Gasteiger partial charge in [-0.3, -0.25) is 0 Å². The lowest BCUT2D eigenvalue weighted by Crippen LogP contribution is -1.91. The molecule has 0 bridgehead atoms. The van der Waals surface area contributed by atoms with E-state index >= 15 is 0 Å². The molecular formula is C10H9ClFN3S2. The number of anilines is 1. The molecule has 2 aromatic rings. The second kappa shape index (κ2) is 5.20. The van der Waals surface area contributed by atoms with Crippen LogP contribution in [0.25, 0.3) is 0 Å². The minimum Gasteiger partial charge on any atom is -0.398 e. The average Bonchev–Trinajstić information content (AvgIpc) is 2.73. The Balaban J connectivity index is 2.26. The lowest BCUT2D eigenvalue weighted by Gasteiger charge is -2.04. The fourth-order valence-electron chi connectivity index (χ4n) is 1.15. The summed E-state index contributed by atoms with van der Waals surface area (Å²) >= 11 is 8.35. The number of nitrogens with zero attached hydrogens (tertiary/aromatic N) is 2. The zero-order chi connectivity index (χ0) is 12.4. The SMILES string of the molecule is CCc1nsc(Sc2cc(Cl)c(F)cc2N)n1. The number of nitrogens with two attached hydrogens (primary N) is 1. The minimum absolute atomic E-state index is 0.0573. The average molecular weight is 290 g/mol. The van der Waals surface area contributed by atoms with Crippen LogP contribution in [-0.4, -0.2) is 9.36 Å². The van der Waals surface area contributed by atoms with Gasteiger partial charge in [0.25, 0.3) is 0 Å². The van der Waals surface area contributed by atoms with Gasteiger partial charge >= 0.3 is 0 Å². The topological polar surface area (TPSA) is 51.8 Å². The number of aromatic nitrogens is 2. The Labute approximate surface area is 111 Å². The Morgan fingerprint density at radius 3 is 2.94 bits per heavy atom. The van der Waals surface area contributed by atoms with Crippen molar-refractivity contribution in [3.8, 4) is 0 Å². The third-order valence-corrected chi connectivity index (χ3v) is 4.17. The first-order chi connectivity index (χ1) is 8.10. The molecule has 1 aromatic carbocycles. The summed E-state index contributed by atoms with van der Waals surface area (Å²) in [6.07, 6.45) is 0.788. The van der Waals surface area contributed by atoms with Gasteiger partial charge in [-0.05, 0) is 23.7 Å². The van der Waals surface area contributed by atoms with Crippen molar-refractivity contribution in [3.63, 3.8) is 0 Å². The van der Waals surface area contributed by atoms with Gasteiger partial charge in [0.05, 0.1) is 5.02 Å². The third kappa shape index (κ3) is 2.88. The lowest BCUT2D eigenvalue weighted by atomic mass is 10.3. The number of hydrogen-bond donors (Lipinski definition) is 1. The summed E-state index contributed by atoms with van der Waals surface area (Å²) in [5.41, 5.74) is 6.07. The van der Waals surface area contributed by atoms with Crippen molar-refractivity contribution in [3.05, 3.63) is 28.8 Å². The predicted octanol–water partition coefficient (Wildman–Crippen LogP) is 3.63. The van der Waals surface area contributed by atoms with Crippen LogP contribution in [0.4, 0.5) is 10.1 Å². The van der Waals surface area contributed by atoms with E-state index in [1.54, 1.807) is 0 Å². The van der Waals surface area contributed by atoms with Crippen LogP contribution in [0.1, 0.15) is 12.7 Å². The maximum absolute atomic E-state index is 13.1. The quantitative estimate of drug-likeness (QED) is 0.877. The molecule has 0 atom stereocenters. The zero-order valence-corrected chi connectivity index (χ0v) is 11.3. The molecule has 0 unspecified atom stereocenters. The van der Waals surface area contributed by atoms with E-state index in [-0.39, 0.29) is 5.02 Å². The Morgan fingerprint density at radius 2 is 2.29 bits per heavy atom. The van der Waals surface area contributed by atoms with Crippen LogP contribution in [0, 0.1) is 5.82 Å². The van der Waals surface area contributed by atoms with Crippen LogP contribution in [0.3, 0.4) is 0 Å². The standard InChI is InChI=1S/C10H9ClFN3S2/c1-2-9-14-10(17-15-9)16-8-3-5(11)6(12)4-7(8)13/h3-4H,2,13H2,1H3. The van der Waals surface area contributed by atoms with Gasteiger partial charge in [-0.1, -0.05) is 30.3 Å². The second-order valence-corrected chi connectivity index (χ2v) is 5.68. The van der Waals surface area contributed by atoms with Gasteiger partial charge in [-0.15, -0.1) is 0 Å². The summed E-state index contributed by atoms with van der Waals surface area (Å²) in [6, 6.07) is 2.72. The first kappa shape index (κ1) is 12.6. The van der Waals surface area contributed by atoms with E-state index < -0.39 is 5.82 Å². The van der Waals surface area contributed by atoms with E-state index in [1.807, 2.05) is 6.92 Å². The van der Waals surface area contributed by atoms with Gasteiger partial charge in [-0.25, -0.2) is 9.37 Å². The Morgan fingerprint density at radius 1 is 1.53 bits per heavy atom. The highest BCUT2D eigenvalue weighted by Crippen LogP contribution is 2.35. The Hall–Kier alpha value is -0.850. The number of rotatable bonds is 3. The normalized spacial score (nSPS) is 10.8. The fraction of sp³-hybridized carbons (Fsp3) is 0.200. The smallest absolute Gasteiger partial charge is 0.174 e. The number of nitrogen functional groups attached to an aromatic ring is 1. The predicted molar refractivity (Wildman–Crippen MR) is 69.2 cm³/mol. The molecular weight excluding hydrogens is 281 g/mol. The van der Waals surface area contributed by atoms with Crippen LogP contribution in [0.15, 0.2) is 21.4 Å². The molecule has 1 heterocycles. The van der Waals surface area contributed by atoms with E-state index in [1.165, 1.54) is 35.4 Å². The first-order valence-corrected chi connectivity index (χ1v) is 6.82. The summed E-state index contributed by atoms with van der Waals surface area (Å²) in [6.45, 7) is 1.99. The van der Waals surface area contributed by atoms with Gasteiger partial charge < -0.3 is 5.73 Å². The molecule has 1 aromatic heterocycles. The van der Waals surface area contributed by atoms with Gasteiger partial charge in [-0.2, -0.15) is 4.37 Å². The lowest BCUT2D eigenvalue weighted by molar-refractivity contribution is 0.628. The van der Waals surface area contributed by atoms with Gasteiger partial charge in [0.2, 0.25) is 0 Å². The van der Waals surface area contributed by atoms with Crippen LogP contribution >= 0.6 is 34.9 Å². The van der Waals surface area contributed by atoms with Crippen molar-refractivity contribution >= 4 is 40.6 Å². The van der Waals surface area contributed by atoms with Crippen molar-refractivity contribution in [2.24, 2.45) is 0 Å². The molecule has 0 spiro atoms. The Kier molecular flexibility index (Phi) is 3.86. The summed E-state index contributed by atoms with van der Waals surface area (Å²) in [5, 5.41) is 0.0573. The molecule has 2 N–H and O–H groups in total. The molecule has 7 heteroatoms. The molecule has 0 aliphatic heterocycles. The van der Waals surface area contributed by atoms with E-state index in [4.69, 9.17) is 17.3 Å². The number of hydrogen-bond acceptors (Lipinski definition) is 5. The van der Waals surface area contributed by atoms with Crippen LogP contribution in [0.2, 0.25) is 5.02 Å². The maximum Gasteiger partial charge on any atom is 0.174 e. The van der Waals surface area contributed by atoms with E-state index in [0.717, 1.165) is 16.6 Å². The highest BCUT2D eigenvalue weighted by molar-refractivity contribution is 8.01. The zero-order valence-electron chi connectivity index (χ0n) is 8.91. The molecule has 17 heavy (non-hydrogen) atoms. The molecule has 0 fully saturated rings. The molecule has 0 aliphatic carbocycles. The fourth-order valence-corrected chi connectivity index (χ4v) is 3.10. The second-order valence-electron chi connectivity index (χ2n) is 3.24. The molecule has 3 nitrogen and oxygen atoms in total. The van der Waals surface area contributed by atoms with Gasteiger partial charge in [0.15, 0.2) is 4.34 Å². The number of benzene rings is 1. The third-order valence-electron chi connectivity index (χ3n) is 2.02. The van der Waals surface area contributed by atoms with E-state index in [9.17, 15) is 4.39 Å². The number of halogens is 2. The molecule has 90 valence electrons. The summed E-state index contributed by atoms with van der Waals surface area (Å²) in [4.78, 5) is 4.99. The van der Waals surface area contributed by atoms with Crippen LogP contribution < -0.4 is 5.73 Å². The summed E-state index contributed by atoms with van der Waals surface area (Å²) in [5.74, 6) is 0.282. The van der Waals surface area contributed by atoms with Crippen LogP contribution in [0.5, 0.6) is 0 Å². The molecule has 0 radical (unpaired) electrons. The molecule has 2 rings (SSSR count). The highest BCUT2D eigenvalue weighted by Gasteiger charge is 2.10. The van der Waals surface area contributed by atoms with E-state index in [0.29, 0.717) is 10.6 Å². The van der Waals surface area contributed by atoms with E-state index in [2.05, 4.69) is 9.36 Å². The van der Waals surface area contributed by atoms with Crippen molar-refractivity contribution in [2.45, 2.75) is 22.6 Å². The largest absolute Gasteiger partial charge is 0.398 e. The molecule has 0 amide bonds. The van der Waals surface area contributed by atoms with Crippen molar-refractivity contribution in [1.82, 2.24) is 9.36 Å². The van der Waals surface area contributed by atoms with Crippen molar-refractivity contribution < 1.29 is 4.39 Å².